The number of aryl methyl sites for hydroxylation is 1. The summed E-state index contributed by atoms with van der Waals surface area (Å²) in [6.07, 6.45) is 4.95. The maximum Gasteiger partial charge on any atom is 0.196 e. The maximum absolute atomic E-state index is 6.17. The van der Waals surface area contributed by atoms with Gasteiger partial charge in [0.1, 0.15) is 0 Å². The van der Waals surface area contributed by atoms with E-state index in [-0.39, 0.29) is 0 Å². The smallest absolute Gasteiger partial charge is 0.196 e. The Bertz CT molecular complexity index is 420. The van der Waals surface area contributed by atoms with E-state index in [1.54, 1.807) is 0 Å². The number of aliphatic imine (C=N–C) groups is 1. The molecule has 0 aliphatic heterocycles. The van der Waals surface area contributed by atoms with Gasteiger partial charge in [-0.2, -0.15) is 0 Å². The van der Waals surface area contributed by atoms with Gasteiger partial charge in [-0.05, 0) is 44.4 Å². The Balaban J connectivity index is 2.17. The summed E-state index contributed by atoms with van der Waals surface area (Å²) >= 11 is 0. The van der Waals surface area contributed by atoms with Gasteiger partial charge in [-0.15, -0.1) is 0 Å². The Morgan fingerprint density at radius 1 is 1.39 bits per heavy atom. The lowest BCUT2D eigenvalue weighted by Crippen LogP contribution is -2.38. The van der Waals surface area contributed by atoms with Crippen LogP contribution in [0.15, 0.2) is 29.3 Å². The van der Waals surface area contributed by atoms with Crippen molar-refractivity contribution in [1.82, 2.24) is 0 Å². The minimum absolute atomic E-state index is 0.434. The summed E-state index contributed by atoms with van der Waals surface area (Å²) in [5.74, 6) is 0.662. The summed E-state index contributed by atoms with van der Waals surface area (Å²) in [6, 6.07) is 8.84. The van der Waals surface area contributed by atoms with E-state index in [0.717, 1.165) is 12.2 Å². The molecule has 0 atom stereocenters. The molecule has 2 rings (SSSR count). The molecule has 1 aliphatic carbocycles. The number of guanidine groups is 1. The van der Waals surface area contributed by atoms with Crippen LogP contribution in [0.1, 0.15) is 38.2 Å². The third kappa shape index (κ3) is 3.03. The molecule has 0 amide bonds. The fourth-order valence-electron chi connectivity index (χ4n) is 2.56. The van der Waals surface area contributed by atoms with E-state index in [1.807, 2.05) is 0 Å². The van der Waals surface area contributed by atoms with Crippen LogP contribution in [0.25, 0.3) is 0 Å². The van der Waals surface area contributed by atoms with Crippen molar-refractivity contribution in [3.8, 4) is 0 Å². The predicted molar refractivity (Wildman–Crippen MR) is 78.1 cm³/mol. The molecule has 0 heterocycles. The quantitative estimate of drug-likeness (QED) is 0.657. The van der Waals surface area contributed by atoms with Crippen LogP contribution in [0.3, 0.4) is 0 Å². The van der Waals surface area contributed by atoms with Crippen LogP contribution in [0, 0.1) is 6.92 Å². The molecule has 0 radical (unpaired) electrons. The van der Waals surface area contributed by atoms with Gasteiger partial charge in [0.25, 0.3) is 0 Å². The highest BCUT2D eigenvalue weighted by Crippen LogP contribution is 2.22. The molecule has 1 fully saturated rings. The number of nitrogens with zero attached hydrogens (tertiary/aromatic N) is 2. The second kappa shape index (κ2) is 5.89. The topological polar surface area (TPSA) is 41.6 Å². The molecular formula is C15H23N3. The van der Waals surface area contributed by atoms with Crippen molar-refractivity contribution >= 4 is 11.6 Å². The summed E-state index contributed by atoms with van der Waals surface area (Å²) in [5.41, 5.74) is 8.55. The second-order valence-electron chi connectivity index (χ2n) is 5.01. The highest BCUT2D eigenvalue weighted by molar-refractivity contribution is 5.94. The van der Waals surface area contributed by atoms with Crippen molar-refractivity contribution in [3.05, 3.63) is 29.8 Å². The van der Waals surface area contributed by atoms with Crippen molar-refractivity contribution in [2.45, 2.75) is 45.6 Å². The first-order valence-corrected chi connectivity index (χ1v) is 6.88. The Hall–Kier alpha value is -1.51. The monoisotopic (exact) mass is 245 g/mol. The summed E-state index contributed by atoms with van der Waals surface area (Å²) in [4.78, 5) is 6.76. The van der Waals surface area contributed by atoms with Gasteiger partial charge in [0.05, 0.1) is 6.04 Å². The molecule has 0 aromatic heterocycles. The zero-order chi connectivity index (χ0) is 13.0. The molecule has 2 N–H and O–H groups in total. The zero-order valence-corrected chi connectivity index (χ0v) is 11.4. The molecular weight excluding hydrogens is 222 g/mol. The van der Waals surface area contributed by atoms with E-state index in [9.17, 15) is 0 Å². The van der Waals surface area contributed by atoms with Crippen LogP contribution in [-0.2, 0) is 0 Å². The maximum atomic E-state index is 6.17. The molecule has 0 saturated heterocycles. The predicted octanol–water partition coefficient (Wildman–Crippen LogP) is 3.08. The lowest BCUT2D eigenvalue weighted by Gasteiger charge is -2.23. The zero-order valence-electron chi connectivity index (χ0n) is 11.4. The van der Waals surface area contributed by atoms with E-state index in [0.29, 0.717) is 12.0 Å². The van der Waals surface area contributed by atoms with Crippen LogP contribution >= 0.6 is 0 Å². The first kappa shape index (κ1) is 12.9. The van der Waals surface area contributed by atoms with Gasteiger partial charge in [0, 0.05) is 12.2 Å². The van der Waals surface area contributed by atoms with Gasteiger partial charge in [-0.25, -0.2) is 4.99 Å². The van der Waals surface area contributed by atoms with Crippen LogP contribution < -0.4 is 10.6 Å². The second-order valence-corrected chi connectivity index (χ2v) is 5.01. The lowest BCUT2D eigenvalue weighted by atomic mass is 10.2. The Kier molecular flexibility index (Phi) is 4.24. The minimum atomic E-state index is 0.434. The van der Waals surface area contributed by atoms with Gasteiger partial charge in [0.2, 0.25) is 0 Å². The molecule has 0 spiro atoms. The van der Waals surface area contributed by atoms with E-state index >= 15 is 0 Å². The van der Waals surface area contributed by atoms with E-state index < -0.39 is 0 Å². The molecule has 18 heavy (non-hydrogen) atoms. The molecule has 3 heteroatoms. The molecule has 1 aromatic carbocycles. The molecule has 0 unspecified atom stereocenters. The molecule has 98 valence electrons. The Morgan fingerprint density at radius 2 is 2.11 bits per heavy atom. The fourth-order valence-corrected chi connectivity index (χ4v) is 2.56. The van der Waals surface area contributed by atoms with Gasteiger partial charge in [0.15, 0.2) is 5.96 Å². The molecule has 1 saturated carbocycles. The summed E-state index contributed by atoms with van der Waals surface area (Å²) in [5, 5.41) is 0. The van der Waals surface area contributed by atoms with Crippen molar-refractivity contribution in [3.63, 3.8) is 0 Å². The summed E-state index contributed by atoms with van der Waals surface area (Å²) < 4.78 is 0. The van der Waals surface area contributed by atoms with Crippen LogP contribution in [0.5, 0.6) is 0 Å². The third-order valence-electron chi connectivity index (χ3n) is 3.55. The molecule has 1 aliphatic rings. The van der Waals surface area contributed by atoms with Crippen LogP contribution in [0.4, 0.5) is 5.69 Å². The first-order valence-electron chi connectivity index (χ1n) is 6.88. The average Bonchev–Trinajstić information content (AvgIpc) is 2.83. The highest BCUT2D eigenvalue weighted by atomic mass is 15.3. The number of rotatable bonds is 3. The van der Waals surface area contributed by atoms with E-state index in [4.69, 9.17) is 5.73 Å². The number of hydrogen-bond donors (Lipinski definition) is 1. The summed E-state index contributed by atoms with van der Waals surface area (Å²) in [7, 11) is 0. The lowest BCUT2D eigenvalue weighted by molar-refractivity contribution is 0.702. The van der Waals surface area contributed by atoms with Crippen LogP contribution in [-0.4, -0.2) is 18.5 Å². The largest absolute Gasteiger partial charge is 0.370 e. The number of benzene rings is 1. The van der Waals surface area contributed by atoms with Crippen LogP contribution in [0.2, 0.25) is 0 Å². The minimum Gasteiger partial charge on any atom is -0.370 e. The van der Waals surface area contributed by atoms with Crippen molar-refractivity contribution < 1.29 is 0 Å². The molecule has 1 aromatic rings. The SMILES string of the molecule is CCN(C(N)=NC1CCCC1)c1cccc(C)c1. The summed E-state index contributed by atoms with van der Waals surface area (Å²) in [6.45, 7) is 5.06. The van der Waals surface area contributed by atoms with Crippen molar-refractivity contribution in [1.29, 1.82) is 0 Å². The number of hydrogen-bond acceptors (Lipinski definition) is 1. The molecule has 3 nitrogen and oxygen atoms in total. The van der Waals surface area contributed by atoms with E-state index in [2.05, 4.69) is 48.0 Å². The average molecular weight is 245 g/mol. The first-order chi connectivity index (χ1) is 8.70. The fraction of sp³-hybridized carbons (Fsp3) is 0.533. The molecule has 0 bridgehead atoms. The third-order valence-corrected chi connectivity index (χ3v) is 3.55. The van der Waals surface area contributed by atoms with Gasteiger partial charge >= 0.3 is 0 Å². The van der Waals surface area contributed by atoms with Gasteiger partial charge < -0.3 is 10.6 Å². The van der Waals surface area contributed by atoms with Gasteiger partial charge in [-0.1, -0.05) is 25.0 Å². The van der Waals surface area contributed by atoms with Crippen molar-refractivity contribution in [2.24, 2.45) is 10.7 Å². The number of nitrogens with two attached hydrogens (primary N) is 1. The van der Waals surface area contributed by atoms with Crippen molar-refractivity contribution in [2.75, 3.05) is 11.4 Å². The number of anilines is 1. The Labute approximate surface area is 110 Å². The van der Waals surface area contributed by atoms with Gasteiger partial charge in [-0.3, -0.25) is 0 Å². The normalized spacial score (nSPS) is 17.1. The van der Waals surface area contributed by atoms with E-state index in [1.165, 1.54) is 31.2 Å². The highest BCUT2D eigenvalue weighted by Gasteiger charge is 2.16. The standard InChI is InChI=1S/C15H23N3/c1-3-18(14-10-6-7-12(2)11-14)15(16)17-13-8-4-5-9-13/h6-7,10-11,13H,3-5,8-9H2,1-2H3,(H2,16,17). The Morgan fingerprint density at radius 3 is 2.72 bits per heavy atom.